The molecule has 0 fully saturated rings. The van der Waals surface area contributed by atoms with Crippen LogP contribution >= 0.6 is 15.9 Å². The molecule has 0 aromatic heterocycles. The number of rotatable bonds is 4. The highest BCUT2D eigenvalue weighted by molar-refractivity contribution is 9.10. The van der Waals surface area contributed by atoms with Gasteiger partial charge < -0.3 is 10.6 Å². The molecule has 0 aliphatic heterocycles. The van der Waals surface area contributed by atoms with Crippen molar-refractivity contribution in [2.45, 2.75) is 20.0 Å². The van der Waals surface area contributed by atoms with E-state index in [-0.39, 0.29) is 6.03 Å². The number of hydrogen-bond acceptors (Lipinski definition) is 1. The zero-order valence-corrected chi connectivity index (χ0v) is 12.9. The lowest BCUT2D eigenvalue weighted by Gasteiger charge is -2.10. The van der Waals surface area contributed by atoms with Crippen molar-refractivity contribution in [2.24, 2.45) is 0 Å². The van der Waals surface area contributed by atoms with Crippen LogP contribution in [0.25, 0.3) is 0 Å². The van der Waals surface area contributed by atoms with Gasteiger partial charge in [0.1, 0.15) is 0 Å². The van der Waals surface area contributed by atoms with Crippen LogP contribution < -0.4 is 10.6 Å². The van der Waals surface area contributed by atoms with Crippen LogP contribution in [0.15, 0.2) is 53.0 Å². The second-order valence-corrected chi connectivity index (χ2v) is 5.41. The van der Waals surface area contributed by atoms with Gasteiger partial charge in [0.05, 0.1) is 0 Å². The largest absolute Gasteiger partial charge is 0.334 e. The van der Waals surface area contributed by atoms with E-state index in [1.165, 1.54) is 5.56 Å². The van der Waals surface area contributed by atoms with Crippen LogP contribution in [-0.4, -0.2) is 6.03 Å². The summed E-state index contributed by atoms with van der Waals surface area (Å²) in [5.74, 6) is 0. The highest BCUT2D eigenvalue weighted by atomic mass is 79.9. The van der Waals surface area contributed by atoms with Gasteiger partial charge in [0.25, 0.3) is 0 Å². The van der Waals surface area contributed by atoms with Gasteiger partial charge in [-0.3, -0.25) is 0 Å². The molecular weight excluding hydrogens is 316 g/mol. The molecule has 4 heteroatoms. The van der Waals surface area contributed by atoms with Gasteiger partial charge in [-0.15, -0.1) is 0 Å². The van der Waals surface area contributed by atoms with Crippen LogP contribution in [0.3, 0.4) is 0 Å². The Bertz CT molecular complexity index is 547. The fourth-order valence-electron chi connectivity index (χ4n) is 1.86. The molecule has 20 heavy (non-hydrogen) atoms. The van der Waals surface area contributed by atoms with Gasteiger partial charge in [-0.05, 0) is 29.7 Å². The molecule has 2 amide bonds. The maximum atomic E-state index is 11.8. The minimum atomic E-state index is -0.163. The number of carbonyl (C=O) groups excluding carboxylic acids is 1. The lowest BCUT2D eigenvalue weighted by atomic mass is 10.1. The highest BCUT2D eigenvalue weighted by Crippen LogP contribution is 2.15. The Morgan fingerprint density at radius 3 is 2.15 bits per heavy atom. The van der Waals surface area contributed by atoms with Gasteiger partial charge in [0.2, 0.25) is 0 Å². The van der Waals surface area contributed by atoms with E-state index in [0.717, 1.165) is 15.6 Å². The first kappa shape index (κ1) is 14.6. The summed E-state index contributed by atoms with van der Waals surface area (Å²) in [5, 5.41) is 5.71. The maximum absolute atomic E-state index is 11.8. The van der Waals surface area contributed by atoms with E-state index in [9.17, 15) is 4.79 Å². The number of halogens is 1. The average molecular weight is 333 g/mol. The van der Waals surface area contributed by atoms with Crippen molar-refractivity contribution in [3.8, 4) is 0 Å². The molecule has 0 radical (unpaired) electrons. The summed E-state index contributed by atoms with van der Waals surface area (Å²) in [7, 11) is 0. The Balaban J connectivity index is 1.82. The van der Waals surface area contributed by atoms with Crippen LogP contribution in [-0.2, 0) is 13.1 Å². The number of urea groups is 1. The molecule has 3 nitrogen and oxygen atoms in total. The molecule has 104 valence electrons. The molecule has 2 aromatic rings. The Labute approximate surface area is 127 Å². The monoisotopic (exact) mass is 332 g/mol. The molecular formula is C16H17BrN2O. The van der Waals surface area contributed by atoms with Crippen molar-refractivity contribution in [1.82, 2.24) is 10.6 Å². The average Bonchev–Trinajstić information content (AvgIpc) is 2.45. The summed E-state index contributed by atoms with van der Waals surface area (Å²) in [6.45, 7) is 3.07. The Morgan fingerprint density at radius 2 is 1.50 bits per heavy atom. The maximum Gasteiger partial charge on any atom is 0.315 e. The third kappa shape index (κ3) is 4.10. The van der Waals surface area contributed by atoms with Crippen molar-refractivity contribution < 1.29 is 4.79 Å². The second kappa shape index (κ2) is 7.10. The van der Waals surface area contributed by atoms with Crippen molar-refractivity contribution in [2.75, 3.05) is 0 Å². The number of nitrogens with one attached hydrogen (secondary N) is 2. The molecule has 2 aromatic carbocycles. The number of carbonyl (C=O) groups is 1. The van der Waals surface area contributed by atoms with Gasteiger partial charge in [-0.2, -0.15) is 0 Å². The first-order valence-electron chi connectivity index (χ1n) is 6.46. The molecule has 0 aliphatic rings. The number of benzene rings is 2. The molecule has 0 bridgehead atoms. The van der Waals surface area contributed by atoms with E-state index in [4.69, 9.17) is 0 Å². The molecule has 0 saturated carbocycles. The lowest BCUT2D eigenvalue weighted by molar-refractivity contribution is 0.240. The van der Waals surface area contributed by atoms with Crippen molar-refractivity contribution >= 4 is 22.0 Å². The number of hydrogen-bond donors (Lipinski definition) is 2. The predicted molar refractivity (Wildman–Crippen MR) is 84.4 cm³/mol. The van der Waals surface area contributed by atoms with Crippen LogP contribution in [0.4, 0.5) is 4.79 Å². The minimum absolute atomic E-state index is 0.163. The summed E-state index contributed by atoms with van der Waals surface area (Å²) in [6, 6.07) is 15.7. The van der Waals surface area contributed by atoms with E-state index < -0.39 is 0 Å². The van der Waals surface area contributed by atoms with Gasteiger partial charge in [-0.1, -0.05) is 58.4 Å². The molecule has 2 N–H and O–H groups in total. The van der Waals surface area contributed by atoms with E-state index in [0.29, 0.717) is 13.1 Å². The predicted octanol–water partition coefficient (Wildman–Crippen LogP) is 3.76. The van der Waals surface area contributed by atoms with E-state index in [2.05, 4.69) is 26.6 Å². The molecule has 0 atom stereocenters. The third-order valence-corrected chi connectivity index (χ3v) is 3.87. The van der Waals surface area contributed by atoms with Gasteiger partial charge in [0, 0.05) is 17.6 Å². The summed E-state index contributed by atoms with van der Waals surface area (Å²) >= 11 is 3.46. The smallest absolute Gasteiger partial charge is 0.315 e. The first-order valence-corrected chi connectivity index (χ1v) is 7.26. The van der Waals surface area contributed by atoms with E-state index >= 15 is 0 Å². The zero-order chi connectivity index (χ0) is 14.4. The van der Waals surface area contributed by atoms with E-state index in [1.807, 2.05) is 55.5 Å². The summed E-state index contributed by atoms with van der Waals surface area (Å²) < 4.78 is 0.999. The quantitative estimate of drug-likeness (QED) is 0.879. The normalized spacial score (nSPS) is 10.1. The molecule has 2 rings (SSSR count). The first-order chi connectivity index (χ1) is 9.66. The standard InChI is InChI=1S/C16H17BrN2O/c1-12-6-2-3-7-13(12)10-18-16(20)19-11-14-8-4-5-9-15(14)17/h2-9H,10-11H2,1H3,(H2,18,19,20). The SMILES string of the molecule is Cc1ccccc1CNC(=O)NCc1ccccc1Br. The fraction of sp³-hybridized carbons (Fsp3) is 0.188. The van der Waals surface area contributed by atoms with Crippen molar-refractivity contribution in [1.29, 1.82) is 0 Å². The van der Waals surface area contributed by atoms with Crippen molar-refractivity contribution in [3.05, 3.63) is 69.7 Å². The van der Waals surface area contributed by atoms with Crippen LogP contribution in [0.1, 0.15) is 16.7 Å². The van der Waals surface area contributed by atoms with Crippen LogP contribution in [0.2, 0.25) is 0 Å². The topological polar surface area (TPSA) is 41.1 Å². The van der Waals surface area contributed by atoms with Gasteiger partial charge >= 0.3 is 6.03 Å². The number of amides is 2. The lowest BCUT2D eigenvalue weighted by Crippen LogP contribution is -2.34. The summed E-state index contributed by atoms with van der Waals surface area (Å²) in [6.07, 6.45) is 0. The van der Waals surface area contributed by atoms with Crippen molar-refractivity contribution in [3.63, 3.8) is 0 Å². The molecule has 0 unspecified atom stereocenters. The Kier molecular flexibility index (Phi) is 5.18. The van der Waals surface area contributed by atoms with Gasteiger partial charge in [0.15, 0.2) is 0 Å². The van der Waals surface area contributed by atoms with Gasteiger partial charge in [-0.25, -0.2) is 4.79 Å². The molecule has 0 saturated heterocycles. The summed E-state index contributed by atoms with van der Waals surface area (Å²) in [4.78, 5) is 11.8. The highest BCUT2D eigenvalue weighted by Gasteiger charge is 2.03. The van der Waals surface area contributed by atoms with Crippen LogP contribution in [0.5, 0.6) is 0 Å². The third-order valence-electron chi connectivity index (χ3n) is 3.10. The molecule has 0 spiro atoms. The molecule has 0 heterocycles. The summed E-state index contributed by atoms with van der Waals surface area (Å²) in [5.41, 5.74) is 3.36. The van der Waals surface area contributed by atoms with E-state index in [1.54, 1.807) is 0 Å². The number of aryl methyl sites for hydroxylation is 1. The van der Waals surface area contributed by atoms with Crippen LogP contribution in [0, 0.1) is 6.92 Å². The Hall–Kier alpha value is -1.81. The minimum Gasteiger partial charge on any atom is -0.334 e. The zero-order valence-electron chi connectivity index (χ0n) is 11.3. The molecule has 0 aliphatic carbocycles. The second-order valence-electron chi connectivity index (χ2n) is 4.55. The Morgan fingerprint density at radius 1 is 0.950 bits per heavy atom. The fourth-order valence-corrected chi connectivity index (χ4v) is 2.29.